The molecule has 0 aromatic heterocycles. The minimum Gasteiger partial charge on any atom is -0.493 e. The molecule has 1 aromatic rings. The zero-order valence-corrected chi connectivity index (χ0v) is 15.9. The fraction of sp³-hybridized carbons (Fsp3) is 0.611. The number of methoxy groups -OCH3 is 3. The topological polar surface area (TPSA) is 51.2 Å². The first-order valence-corrected chi connectivity index (χ1v) is 9.66. The molecule has 0 radical (unpaired) electrons. The third kappa shape index (κ3) is 3.82. The second-order valence-electron chi connectivity index (χ2n) is 6.26. The molecule has 2 fully saturated rings. The minimum atomic E-state index is -0.0104. The summed E-state index contributed by atoms with van der Waals surface area (Å²) in [4.78, 5) is 16.8. The van der Waals surface area contributed by atoms with Crippen LogP contribution in [0.15, 0.2) is 12.1 Å². The van der Waals surface area contributed by atoms with Gasteiger partial charge < -0.3 is 24.0 Å². The Hall–Kier alpha value is -1.60. The Balaban J connectivity index is 1.81. The number of amides is 1. The second-order valence-corrected chi connectivity index (χ2v) is 7.33. The van der Waals surface area contributed by atoms with Gasteiger partial charge >= 0.3 is 0 Å². The van der Waals surface area contributed by atoms with E-state index in [1.165, 1.54) is 12.8 Å². The molecule has 3 rings (SSSR count). The smallest absolute Gasteiger partial charge is 0.233 e. The Kier molecular flexibility index (Phi) is 5.96. The van der Waals surface area contributed by atoms with Gasteiger partial charge in [-0.15, -0.1) is 11.8 Å². The molecule has 25 heavy (non-hydrogen) atoms. The fourth-order valence-electron chi connectivity index (χ4n) is 3.47. The Labute approximate surface area is 153 Å². The largest absolute Gasteiger partial charge is 0.493 e. The lowest BCUT2D eigenvalue weighted by Gasteiger charge is -2.27. The number of rotatable bonds is 7. The van der Waals surface area contributed by atoms with Crippen molar-refractivity contribution >= 4 is 17.7 Å². The van der Waals surface area contributed by atoms with Crippen LogP contribution in [0.5, 0.6) is 17.2 Å². The molecule has 0 bridgehead atoms. The van der Waals surface area contributed by atoms with Gasteiger partial charge in [-0.1, -0.05) is 0 Å². The molecule has 1 aromatic carbocycles. The maximum Gasteiger partial charge on any atom is 0.233 e. The highest BCUT2D eigenvalue weighted by Crippen LogP contribution is 2.45. The van der Waals surface area contributed by atoms with Gasteiger partial charge in [0.2, 0.25) is 11.7 Å². The second kappa shape index (κ2) is 8.19. The number of hydrogen-bond acceptors (Lipinski definition) is 6. The Morgan fingerprint density at radius 3 is 2.24 bits per heavy atom. The maximum absolute atomic E-state index is 12.4. The summed E-state index contributed by atoms with van der Waals surface area (Å²) in [5.41, 5.74) is 1.01. The van der Waals surface area contributed by atoms with Crippen LogP contribution in [0.4, 0.5) is 0 Å². The van der Waals surface area contributed by atoms with Crippen molar-refractivity contribution in [3.05, 3.63) is 17.7 Å². The van der Waals surface area contributed by atoms with Gasteiger partial charge in [0.1, 0.15) is 5.37 Å². The predicted octanol–water partition coefficient (Wildman–Crippen LogP) is 2.38. The van der Waals surface area contributed by atoms with Crippen molar-refractivity contribution in [2.24, 2.45) is 0 Å². The number of likely N-dealkylation sites (tertiary alicyclic amines) is 1. The van der Waals surface area contributed by atoms with E-state index in [2.05, 4.69) is 4.90 Å². The van der Waals surface area contributed by atoms with Crippen LogP contribution in [0.25, 0.3) is 0 Å². The monoisotopic (exact) mass is 366 g/mol. The van der Waals surface area contributed by atoms with Crippen LogP contribution in [0.2, 0.25) is 0 Å². The van der Waals surface area contributed by atoms with Crippen LogP contribution in [-0.2, 0) is 4.79 Å². The average molecular weight is 366 g/mol. The zero-order valence-electron chi connectivity index (χ0n) is 15.1. The predicted molar refractivity (Wildman–Crippen MR) is 98.7 cm³/mol. The van der Waals surface area contributed by atoms with Gasteiger partial charge in [-0.3, -0.25) is 4.79 Å². The van der Waals surface area contributed by atoms with Gasteiger partial charge in [-0.2, -0.15) is 0 Å². The van der Waals surface area contributed by atoms with Gasteiger partial charge in [0, 0.05) is 13.1 Å². The zero-order chi connectivity index (χ0) is 17.8. The summed E-state index contributed by atoms with van der Waals surface area (Å²) < 4.78 is 16.3. The molecule has 2 aliphatic rings. The molecule has 7 heteroatoms. The van der Waals surface area contributed by atoms with Crippen molar-refractivity contribution < 1.29 is 19.0 Å². The van der Waals surface area contributed by atoms with E-state index >= 15 is 0 Å². The first-order valence-electron chi connectivity index (χ1n) is 8.61. The molecular weight excluding hydrogens is 340 g/mol. The van der Waals surface area contributed by atoms with Crippen molar-refractivity contribution in [2.75, 3.05) is 53.3 Å². The third-order valence-corrected chi connectivity index (χ3v) is 6.05. The molecule has 0 N–H and O–H groups in total. The Morgan fingerprint density at radius 2 is 1.68 bits per heavy atom. The normalized spacial score (nSPS) is 21.0. The molecule has 2 saturated heterocycles. The van der Waals surface area contributed by atoms with Crippen molar-refractivity contribution in [1.29, 1.82) is 0 Å². The van der Waals surface area contributed by atoms with E-state index in [1.54, 1.807) is 33.1 Å². The lowest BCUT2D eigenvalue weighted by Crippen LogP contribution is -2.36. The minimum absolute atomic E-state index is 0.0104. The van der Waals surface area contributed by atoms with Crippen LogP contribution in [0.3, 0.4) is 0 Å². The van der Waals surface area contributed by atoms with E-state index in [0.29, 0.717) is 23.0 Å². The molecule has 2 heterocycles. The summed E-state index contributed by atoms with van der Waals surface area (Å²) in [5.74, 6) is 2.53. The van der Waals surface area contributed by atoms with E-state index in [4.69, 9.17) is 14.2 Å². The number of benzene rings is 1. The van der Waals surface area contributed by atoms with Crippen molar-refractivity contribution in [2.45, 2.75) is 18.2 Å². The van der Waals surface area contributed by atoms with Crippen LogP contribution >= 0.6 is 11.8 Å². The van der Waals surface area contributed by atoms with Gasteiger partial charge in [0.25, 0.3) is 0 Å². The highest BCUT2D eigenvalue weighted by Gasteiger charge is 2.34. The van der Waals surface area contributed by atoms with E-state index in [1.807, 2.05) is 17.0 Å². The molecule has 138 valence electrons. The summed E-state index contributed by atoms with van der Waals surface area (Å²) in [6.45, 7) is 3.98. The molecule has 0 spiro atoms. The van der Waals surface area contributed by atoms with Gasteiger partial charge in [0.15, 0.2) is 11.5 Å². The van der Waals surface area contributed by atoms with Crippen molar-refractivity contribution in [3.8, 4) is 17.2 Å². The van der Waals surface area contributed by atoms with Crippen LogP contribution in [-0.4, -0.2) is 69.0 Å². The number of thioether (sulfide) groups is 1. The summed E-state index contributed by atoms with van der Waals surface area (Å²) in [5, 5.41) is -0.0104. The molecular formula is C18H26N2O4S. The summed E-state index contributed by atoms with van der Waals surface area (Å²) in [6, 6.07) is 3.89. The third-order valence-electron chi connectivity index (χ3n) is 4.80. The molecule has 6 nitrogen and oxygen atoms in total. The number of carbonyl (C=O) groups excluding carboxylic acids is 1. The summed E-state index contributed by atoms with van der Waals surface area (Å²) >= 11 is 1.65. The number of ether oxygens (including phenoxy) is 3. The maximum atomic E-state index is 12.4. The van der Waals surface area contributed by atoms with Crippen LogP contribution in [0.1, 0.15) is 23.8 Å². The van der Waals surface area contributed by atoms with Gasteiger partial charge in [-0.05, 0) is 43.6 Å². The summed E-state index contributed by atoms with van der Waals surface area (Å²) in [7, 11) is 4.81. The van der Waals surface area contributed by atoms with E-state index in [-0.39, 0.29) is 11.3 Å². The Morgan fingerprint density at radius 1 is 1.04 bits per heavy atom. The van der Waals surface area contributed by atoms with Crippen molar-refractivity contribution in [1.82, 2.24) is 9.80 Å². The van der Waals surface area contributed by atoms with E-state index < -0.39 is 0 Å². The average Bonchev–Trinajstić information content (AvgIpc) is 3.28. The standard InChI is InChI=1S/C18H26N2O4S/c1-22-14-10-13(11-15(23-2)17(14)24-3)18-20(16(21)12-25-18)9-8-19-6-4-5-7-19/h10-11,18H,4-9,12H2,1-3H3. The molecule has 2 aliphatic heterocycles. The van der Waals surface area contributed by atoms with E-state index in [9.17, 15) is 4.79 Å². The van der Waals surface area contributed by atoms with Gasteiger partial charge in [-0.25, -0.2) is 0 Å². The molecule has 1 atom stereocenters. The van der Waals surface area contributed by atoms with Crippen molar-refractivity contribution in [3.63, 3.8) is 0 Å². The lowest BCUT2D eigenvalue weighted by atomic mass is 10.1. The SMILES string of the molecule is COc1cc(C2SCC(=O)N2CCN2CCCC2)cc(OC)c1OC. The first-order chi connectivity index (χ1) is 12.2. The number of hydrogen-bond donors (Lipinski definition) is 0. The first kappa shape index (κ1) is 18.2. The molecule has 0 saturated carbocycles. The van der Waals surface area contributed by atoms with Gasteiger partial charge in [0.05, 0.1) is 27.1 Å². The highest BCUT2D eigenvalue weighted by atomic mass is 32.2. The number of nitrogens with zero attached hydrogens (tertiary/aromatic N) is 2. The number of carbonyl (C=O) groups is 1. The molecule has 1 unspecified atom stereocenters. The van der Waals surface area contributed by atoms with E-state index in [0.717, 1.165) is 31.7 Å². The fourth-order valence-corrected chi connectivity index (χ4v) is 4.67. The highest BCUT2D eigenvalue weighted by molar-refractivity contribution is 8.00. The molecule has 0 aliphatic carbocycles. The van der Waals surface area contributed by atoms with Crippen LogP contribution < -0.4 is 14.2 Å². The summed E-state index contributed by atoms with van der Waals surface area (Å²) in [6.07, 6.45) is 2.53. The van der Waals surface area contributed by atoms with Crippen LogP contribution in [0, 0.1) is 0 Å². The lowest BCUT2D eigenvalue weighted by molar-refractivity contribution is -0.128. The quantitative estimate of drug-likeness (QED) is 0.739. The Bertz CT molecular complexity index is 594. The molecule has 1 amide bonds.